The van der Waals surface area contributed by atoms with Gasteiger partial charge in [0, 0.05) is 12.5 Å². The fraction of sp³-hybridized carbons (Fsp3) is 0.462. The van der Waals surface area contributed by atoms with E-state index >= 15 is 0 Å². The predicted octanol–water partition coefficient (Wildman–Crippen LogP) is 0.939. The lowest BCUT2D eigenvalue weighted by Crippen LogP contribution is -2.26. The molecule has 0 saturated heterocycles. The molecule has 0 radical (unpaired) electrons. The first kappa shape index (κ1) is 12.7. The summed E-state index contributed by atoms with van der Waals surface area (Å²) in [6.45, 7) is 4.21. The van der Waals surface area contributed by atoms with Crippen molar-refractivity contribution in [1.82, 2.24) is 20.2 Å². The molecule has 1 atom stereocenters. The molecule has 0 spiro atoms. The number of nitrogens with zero attached hydrogens (tertiary/aromatic N) is 4. The van der Waals surface area contributed by atoms with Gasteiger partial charge < -0.3 is 5.73 Å². The zero-order chi connectivity index (χ0) is 13.1. The average Bonchev–Trinajstić information content (AvgIpc) is 2.61. The highest BCUT2D eigenvalue weighted by molar-refractivity contribution is 5.29. The number of nitrogens with two attached hydrogens (primary N) is 1. The standard InChI is InChI=1S/C13H19N5/c1-9-4-10(2)6-11(5-9)7-12(14)8-13-15-17-18(3)16-13/h4-6,12H,7-8,14H2,1-3H3. The minimum absolute atomic E-state index is 0.0235. The van der Waals surface area contributed by atoms with E-state index in [1.807, 2.05) is 0 Å². The van der Waals surface area contributed by atoms with Gasteiger partial charge >= 0.3 is 0 Å². The van der Waals surface area contributed by atoms with Crippen LogP contribution in [0.3, 0.4) is 0 Å². The van der Waals surface area contributed by atoms with Crippen molar-refractivity contribution in [2.75, 3.05) is 0 Å². The summed E-state index contributed by atoms with van der Waals surface area (Å²) in [6.07, 6.45) is 1.49. The largest absolute Gasteiger partial charge is 0.327 e. The molecule has 2 aromatic rings. The highest BCUT2D eigenvalue weighted by atomic mass is 15.6. The molecule has 1 aromatic carbocycles. The molecule has 0 aliphatic rings. The van der Waals surface area contributed by atoms with E-state index in [0.29, 0.717) is 12.2 Å². The monoisotopic (exact) mass is 245 g/mol. The van der Waals surface area contributed by atoms with Gasteiger partial charge in [0.05, 0.1) is 7.05 Å². The molecule has 18 heavy (non-hydrogen) atoms. The van der Waals surface area contributed by atoms with Crippen LogP contribution in [0.2, 0.25) is 0 Å². The third-order valence-corrected chi connectivity index (χ3v) is 2.77. The molecule has 5 heteroatoms. The molecule has 0 saturated carbocycles. The van der Waals surface area contributed by atoms with Crippen molar-refractivity contribution >= 4 is 0 Å². The first-order valence-corrected chi connectivity index (χ1v) is 6.08. The molecule has 2 rings (SSSR count). The average molecular weight is 245 g/mol. The van der Waals surface area contributed by atoms with E-state index in [0.717, 1.165) is 6.42 Å². The van der Waals surface area contributed by atoms with Crippen LogP contribution in [0.15, 0.2) is 18.2 Å². The lowest BCUT2D eigenvalue weighted by Gasteiger charge is -2.10. The van der Waals surface area contributed by atoms with Gasteiger partial charge in [-0.3, -0.25) is 0 Å². The van der Waals surface area contributed by atoms with Gasteiger partial charge in [-0.25, -0.2) is 0 Å². The number of hydrogen-bond donors (Lipinski definition) is 1. The minimum Gasteiger partial charge on any atom is -0.327 e. The molecule has 5 nitrogen and oxygen atoms in total. The van der Waals surface area contributed by atoms with Crippen LogP contribution >= 0.6 is 0 Å². The molecule has 96 valence electrons. The zero-order valence-electron chi connectivity index (χ0n) is 11.1. The van der Waals surface area contributed by atoms with Crippen LogP contribution in [-0.2, 0) is 19.9 Å². The molecular formula is C13H19N5. The maximum Gasteiger partial charge on any atom is 0.176 e. The Morgan fingerprint density at radius 3 is 2.39 bits per heavy atom. The van der Waals surface area contributed by atoms with Crippen LogP contribution in [0.5, 0.6) is 0 Å². The molecule has 2 N–H and O–H groups in total. The van der Waals surface area contributed by atoms with E-state index in [-0.39, 0.29) is 6.04 Å². The highest BCUT2D eigenvalue weighted by Crippen LogP contribution is 2.11. The lowest BCUT2D eigenvalue weighted by molar-refractivity contribution is 0.615. The van der Waals surface area contributed by atoms with Crippen LogP contribution in [0.1, 0.15) is 22.5 Å². The summed E-state index contributed by atoms with van der Waals surface area (Å²) in [5.41, 5.74) is 9.94. The summed E-state index contributed by atoms with van der Waals surface area (Å²) in [5.74, 6) is 0.703. The van der Waals surface area contributed by atoms with Gasteiger partial charge in [-0.1, -0.05) is 29.3 Å². The maximum atomic E-state index is 6.13. The van der Waals surface area contributed by atoms with Crippen molar-refractivity contribution in [2.45, 2.75) is 32.7 Å². The fourth-order valence-corrected chi connectivity index (χ4v) is 2.20. The van der Waals surface area contributed by atoms with E-state index in [4.69, 9.17) is 5.73 Å². The van der Waals surface area contributed by atoms with Crippen molar-refractivity contribution in [2.24, 2.45) is 12.8 Å². The Morgan fingerprint density at radius 1 is 1.17 bits per heavy atom. The SMILES string of the molecule is Cc1cc(C)cc(CC(N)Cc2nnn(C)n2)c1. The topological polar surface area (TPSA) is 69.6 Å². The minimum atomic E-state index is 0.0235. The Kier molecular flexibility index (Phi) is 3.72. The number of rotatable bonds is 4. The Balaban J connectivity index is 2.00. The van der Waals surface area contributed by atoms with Crippen molar-refractivity contribution in [1.29, 1.82) is 0 Å². The second kappa shape index (κ2) is 5.27. The van der Waals surface area contributed by atoms with Crippen molar-refractivity contribution < 1.29 is 0 Å². The Morgan fingerprint density at radius 2 is 1.83 bits per heavy atom. The Labute approximate surface area is 107 Å². The second-order valence-corrected chi connectivity index (χ2v) is 4.86. The summed E-state index contributed by atoms with van der Waals surface area (Å²) >= 11 is 0. The summed E-state index contributed by atoms with van der Waals surface area (Å²) < 4.78 is 0. The Bertz CT molecular complexity index is 512. The molecule has 0 amide bonds. The molecule has 0 aliphatic heterocycles. The molecule has 0 bridgehead atoms. The normalized spacial score (nSPS) is 12.7. The second-order valence-electron chi connectivity index (χ2n) is 4.86. The van der Waals surface area contributed by atoms with Crippen LogP contribution < -0.4 is 5.73 Å². The third-order valence-electron chi connectivity index (χ3n) is 2.77. The first-order valence-electron chi connectivity index (χ1n) is 6.08. The van der Waals surface area contributed by atoms with Crippen LogP contribution in [0, 0.1) is 13.8 Å². The first-order chi connectivity index (χ1) is 8.52. The van der Waals surface area contributed by atoms with Crippen LogP contribution in [0.4, 0.5) is 0 Å². The summed E-state index contributed by atoms with van der Waals surface area (Å²) in [5, 5.41) is 11.9. The highest BCUT2D eigenvalue weighted by Gasteiger charge is 2.09. The maximum absolute atomic E-state index is 6.13. The van der Waals surface area contributed by atoms with Crippen LogP contribution in [0.25, 0.3) is 0 Å². The van der Waals surface area contributed by atoms with E-state index in [2.05, 4.69) is 47.5 Å². The van der Waals surface area contributed by atoms with Gasteiger partial charge in [-0.15, -0.1) is 10.2 Å². The van der Waals surface area contributed by atoms with Gasteiger partial charge in [0.1, 0.15) is 0 Å². The summed E-state index contributed by atoms with van der Waals surface area (Å²) in [6, 6.07) is 6.54. The molecular weight excluding hydrogens is 226 g/mol. The van der Waals surface area contributed by atoms with Gasteiger partial charge in [-0.05, 0) is 31.0 Å². The predicted molar refractivity (Wildman–Crippen MR) is 70.1 cm³/mol. The number of aromatic nitrogens is 4. The lowest BCUT2D eigenvalue weighted by atomic mass is 10.00. The molecule has 1 aromatic heterocycles. The number of hydrogen-bond acceptors (Lipinski definition) is 4. The fourth-order valence-electron chi connectivity index (χ4n) is 2.20. The van der Waals surface area contributed by atoms with Gasteiger partial charge in [0.25, 0.3) is 0 Å². The molecule has 0 fully saturated rings. The molecule has 1 heterocycles. The zero-order valence-corrected chi connectivity index (χ0v) is 11.1. The van der Waals surface area contributed by atoms with E-state index < -0.39 is 0 Å². The van der Waals surface area contributed by atoms with Crippen molar-refractivity contribution in [3.63, 3.8) is 0 Å². The molecule has 1 unspecified atom stereocenters. The third kappa shape index (κ3) is 3.37. The smallest absolute Gasteiger partial charge is 0.176 e. The number of aryl methyl sites for hydroxylation is 3. The van der Waals surface area contributed by atoms with E-state index in [1.54, 1.807) is 7.05 Å². The quantitative estimate of drug-likeness (QED) is 0.870. The number of tetrazole rings is 1. The van der Waals surface area contributed by atoms with Crippen LogP contribution in [-0.4, -0.2) is 26.2 Å². The Hall–Kier alpha value is -1.75. The summed E-state index contributed by atoms with van der Waals surface area (Å²) in [7, 11) is 1.76. The van der Waals surface area contributed by atoms with Gasteiger partial charge in [0.15, 0.2) is 5.82 Å². The van der Waals surface area contributed by atoms with Crippen molar-refractivity contribution in [3.05, 3.63) is 40.7 Å². The van der Waals surface area contributed by atoms with Crippen molar-refractivity contribution in [3.8, 4) is 0 Å². The summed E-state index contributed by atoms with van der Waals surface area (Å²) in [4.78, 5) is 1.46. The van der Waals surface area contributed by atoms with E-state index in [1.165, 1.54) is 21.5 Å². The van der Waals surface area contributed by atoms with Gasteiger partial charge in [0.2, 0.25) is 0 Å². The molecule has 0 aliphatic carbocycles. The van der Waals surface area contributed by atoms with E-state index in [9.17, 15) is 0 Å². The van der Waals surface area contributed by atoms with Gasteiger partial charge in [-0.2, -0.15) is 4.80 Å². The number of benzene rings is 1.